The van der Waals surface area contributed by atoms with Gasteiger partial charge in [-0.15, -0.1) is 0 Å². The minimum absolute atomic E-state index is 0.0309. The highest BCUT2D eigenvalue weighted by Gasteiger charge is 2.68. The van der Waals surface area contributed by atoms with Crippen molar-refractivity contribution in [2.75, 3.05) is 37.6 Å². The van der Waals surface area contributed by atoms with Crippen molar-refractivity contribution < 1.29 is 41.9 Å². The Balaban J connectivity index is 0.946. The number of hydrogen-bond donors (Lipinski definition) is 1. The Labute approximate surface area is 352 Å². The molecule has 1 saturated carbocycles. The number of pyridine rings is 1. The smallest absolute Gasteiger partial charge is 0.417 e. The Kier molecular flexibility index (Phi) is 11.8. The van der Waals surface area contributed by atoms with Gasteiger partial charge in [-0.05, 0) is 80.8 Å². The normalized spacial score (nSPS) is 22.5. The Hall–Kier alpha value is -5.82. The van der Waals surface area contributed by atoms with Gasteiger partial charge >= 0.3 is 6.18 Å². The molecule has 1 aromatic heterocycles. The molecule has 13 nitrogen and oxygen atoms in total. The number of carbonyl (C=O) groups excluding carboxylic acids is 5. The van der Waals surface area contributed by atoms with Gasteiger partial charge in [0.15, 0.2) is 0 Å². The average Bonchev–Trinajstić information content (AvgIpc) is 3.47. The molecule has 322 valence electrons. The number of piperidine rings is 1. The van der Waals surface area contributed by atoms with Gasteiger partial charge in [0.1, 0.15) is 17.9 Å². The monoisotopic (exact) mass is 841 g/mol. The zero-order valence-electron chi connectivity index (χ0n) is 34.8. The first-order chi connectivity index (χ1) is 28.8. The number of aryl methyl sites for hydroxylation is 1. The number of imide groups is 2. The molecule has 61 heavy (non-hydrogen) atoms. The van der Waals surface area contributed by atoms with Crippen LogP contribution >= 0.6 is 0 Å². The van der Waals surface area contributed by atoms with E-state index in [1.54, 1.807) is 52.0 Å². The van der Waals surface area contributed by atoms with Crippen LogP contribution in [0.5, 0.6) is 5.75 Å². The van der Waals surface area contributed by atoms with Gasteiger partial charge in [-0.1, -0.05) is 40.5 Å². The molecule has 3 fully saturated rings. The van der Waals surface area contributed by atoms with Crippen LogP contribution in [0.1, 0.15) is 114 Å². The summed E-state index contributed by atoms with van der Waals surface area (Å²) in [4.78, 5) is 78.1. The van der Waals surface area contributed by atoms with Crippen molar-refractivity contribution in [1.82, 2.24) is 19.7 Å². The van der Waals surface area contributed by atoms with Crippen molar-refractivity contribution in [1.29, 1.82) is 5.26 Å². The number of nitriles is 1. The third-order valence-electron chi connectivity index (χ3n) is 12.8. The molecule has 3 aliphatic heterocycles. The standard InChI is InChI=1S/C45H50F3N7O6/c1-43(2)41(44(3,4)42(43)61-31-14-11-27(25-49)34(24-31)45(46,47)48)55-36(56)17-16-35(40(55)60)54-38(58)32-15-13-30(23-33(32)39(54)59)53-21-19-52(20-22-53)18-8-6-5-7-9-29-12-10-28(26-51-29)37(50)57/h10-15,23-24,26,35,41-42H,5-9,16-22H2,1-4H3,(H2,50,57). The van der Waals surface area contributed by atoms with Gasteiger partial charge in [-0.3, -0.25) is 43.7 Å². The van der Waals surface area contributed by atoms with E-state index in [1.807, 2.05) is 12.1 Å². The van der Waals surface area contributed by atoms with E-state index < -0.39 is 75.9 Å². The molecule has 0 radical (unpaired) electrons. The number of amides is 5. The van der Waals surface area contributed by atoms with Crippen molar-refractivity contribution in [3.8, 4) is 11.8 Å². The fourth-order valence-electron chi connectivity index (χ4n) is 10.1. The maximum atomic E-state index is 14.4. The molecule has 4 aliphatic rings. The molecule has 3 aromatic rings. The lowest BCUT2D eigenvalue weighted by Gasteiger charge is -2.65. The van der Waals surface area contributed by atoms with Gasteiger partial charge in [0.05, 0.1) is 39.9 Å². The third-order valence-corrected chi connectivity index (χ3v) is 12.8. The molecule has 5 amide bonds. The first kappa shape index (κ1) is 43.3. The zero-order chi connectivity index (χ0) is 44.0. The van der Waals surface area contributed by atoms with Crippen LogP contribution in [0.3, 0.4) is 0 Å². The van der Waals surface area contributed by atoms with Crippen LogP contribution in [0.25, 0.3) is 0 Å². The summed E-state index contributed by atoms with van der Waals surface area (Å²) < 4.78 is 47.3. The number of fused-ring (bicyclic) bond motifs is 1. The van der Waals surface area contributed by atoms with Crippen LogP contribution in [0, 0.1) is 22.2 Å². The molecule has 1 atom stereocenters. The molecule has 16 heteroatoms. The fraction of sp³-hybridized carbons (Fsp3) is 0.489. The summed E-state index contributed by atoms with van der Waals surface area (Å²) in [5, 5.41) is 9.22. The second kappa shape index (κ2) is 16.6. The summed E-state index contributed by atoms with van der Waals surface area (Å²) in [6.07, 6.45) is 0.936. The number of carbonyl (C=O) groups is 5. The van der Waals surface area contributed by atoms with Crippen molar-refractivity contribution in [3.05, 3.63) is 88.2 Å². The number of unbranched alkanes of at least 4 members (excludes halogenated alkanes) is 3. The van der Waals surface area contributed by atoms with Crippen LogP contribution in [-0.2, 0) is 22.2 Å². The van der Waals surface area contributed by atoms with Gasteiger partial charge in [0.25, 0.3) is 17.7 Å². The lowest BCUT2D eigenvalue weighted by molar-refractivity contribution is -0.216. The molecule has 2 aromatic carbocycles. The maximum absolute atomic E-state index is 14.4. The third kappa shape index (κ3) is 8.19. The van der Waals surface area contributed by atoms with E-state index in [0.29, 0.717) is 5.56 Å². The maximum Gasteiger partial charge on any atom is 0.417 e. The van der Waals surface area contributed by atoms with Gasteiger partial charge < -0.3 is 15.4 Å². The van der Waals surface area contributed by atoms with Gasteiger partial charge in [-0.25, -0.2) is 0 Å². The largest absolute Gasteiger partial charge is 0.489 e. The van der Waals surface area contributed by atoms with Crippen molar-refractivity contribution >= 4 is 35.2 Å². The lowest BCUT2D eigenvalue weighted by Crippen LogP contribution is -2.77. The number of alkyl halides is 3. The Morgan fingerprint density at radius 2 is 1.57 bits per heavy atom. The van der Waals surface area contributed by atoms with Crippen LogP contribution in [0.4, 0.5) is 18.9 Å². The number of rotatable bonds is 13. The molecule has 4 heterocycles. The second-order valence-corrected chi connectivity index (χ2v) is 17.6. The minimum atomic E-state index is -4.78. The Morgan fingerprint density at radius 3 is 2.21 bits per heavy atom. The molecule has 2 saturated heterocycles. The predicted octanol–water partition coefficient (Wildman–Crippen LogP) is 5.99. The number of likely N-dealkylation sites (tertiary alicyclic amines) is 1. The van der Waals surface area contributed by atoms with E-state index in [2.05, 4.69) is 14.8 Å². The molecule has 0 spiro atoms. The molecule has 0 bridgehead atoms. The summed E-state index contributed by atoms with van der Waals surface area (Å²) in [6.45, 7) is 11.2. The fourth-order valence-corrected chi connectivity index (χ4v) is 10.1. The number of nitrogens with two attached hydrogens (primary N) is 1. The van der Waals surface area contributed by atoms with E-state index in [1.165, 1.54) is 12.3 Å². The quantitative estimate of drug-likeness (QED) is 0.159. The highest BCUT2D eigenvalue weighted by Crippen LogP contribution is 2.59. The molecular formula is C45H50F3N7O6. The number of ether oxygens (including phenoxy) is 1. The zero-order valence-corrected chi connectivity index (χ0v) is 34.8. The number of hydrogen-bond acceptors (Lipinski definition) is 10. The number of piperazine rings is 1. The van der Waals surface area contributed by atoms with Crippen LogP contribution < -0.4 is 15.4 Å². The van der Waals surface area contributed by atoms with Gasteiger partial charge in [-0.2, -0.15) is 18.4 Å². The van der Waals surface area contributed by atoms with E-state index in [0.717, 1.165) is 98.1 Å². The minimum Gasteiger partial charge on any atom is -0.489 e. The van der Waals surface area contributed by atoms with Crippen LogP contribution in [0.15, 0.2) is 54.7 Å². The summed E-state index contributed by atoms with van der Waals surface area (Å²) in [5.41, 5.74) is 4.26. The summed E-state index contributed by atoms with van der Waals surface area (Å²) in [5.74, 6) is -2.94. The lowest BCUT2D eigenvalue weighted by atomic mass is 9.48. The van der Waals surface area contributed by atoms with E-state index in [-0.39, 0.29) is 29.7 Å². The number of aromatic nitrogens is 1. The van der Waals surface area contributed by atoms with E-state index >= 15 is 0 Å². The molecule has 1 unspecified atom stereocenters. The molecule has 7 rings (SSSR count). The number of primary amides is 1. The molecular weight excluding hydrogens is 792 g/mol. The van der Waals surface area contributed by atoms with E-state index in [4.69, 9.17) is 10.5 Å². The Bertz CT molecular complexity index is 2260. The highest BCUT2D eigenvalue weighted by atomic mass is 19.4. The number of nitrogens with zero attached hydrogens (tertiary/aromatic N) is 6. The first-order valence-electron chi connectivity index (χ1n) is 20.7. The summed E-state index contributed by atoms with van der Waals surface area (Å²) in [7, 11) is 0. The summed E-state index contributed by atoms with van der Waals surface area (Å²) >= 11 is 0. The second-order valence-electron chi connectivity index (χ2n) is 17.6. The predicted molar refractivity (Wildman–Crippen MR) is 217 cm³/mol. The molecule has 1 aliphatic carbocycles. The topological polar surface area (TPSA) is 170 Å². The van der Waals surface area contributed by atoms with Crippen molar-refractivity contribution in [2.24, 2.45) is 16.6 Å². The van der Waals surface area contributed by atoms with E-state index in [9.17, 15) is 42.4 Å². The highest BCUT2D eigenvalue weighted by molar-refractivity contribution is 6.23. The number of halogens is 3. The van der Waals surface area contributed by atoms with Crippen LogP contribution in [0.2, 0.25) is 0 Å². The first-order valence-corrected chi connectivity index (χ1v) is 20.7. The van der Waals surface area contributed by atoms with Crippen LogP contribution in [-0.4, -0.2) is 100 Å². The number of benzene rings is 2. The van der Waals surface area contributed by atoms with Gasteiger partial charge in [0.2, 0.25) is 11.8 Å². The van der Waals surface area contributed by atoms with Gasteiger partial charge in [0, 0.05) is 61.0 Å². The van der Waals surface area contributed by atoms with Crippen molar-refractivity contribution in [2.45, 2.75) is 97.0 Å². The Morgan fingerprint density at radius 1 is 0.885 bits per heavy atom. The molecule has 2 N–H and O–H groups in total. The average molecular weight is 842 g/mol. The van der Waals surface area contributed by atoms with Crippen molar-refractivity contribution in [3.63, 3.8) is 0 Å². The number of anilines is 1. The summed E-state index contributed by atoms with van der Waals surface area (Å²) in [6, 6.07) is 11.4. The SMILES string of the molecule is CC1(C)C(Oc2ccc(C#N)c(C(F)(F)F)c2)C(C)(C)C1N1C(=O)CCC(N2C(=O)c3ccc(N4CCN(CCCCCCc5ccc(C(N)=O)cn5)CC4)cc3C2=O)C1=O.